The van der Waals surface area contributed by atoms with Gasteiger partial charge in [0.2, 0.25) is 0 Å². The minimum Gasteiger partial charge on any atom is -0.207 e. The lowest BCUT2D eigenvalue weighted by atomic mass is 10.2. The molecule has 0 saturated carbocycles. The van der Waals surface area contributed by atoms with E-state index in [9.17, 15) is 4.39 Å². The Morgan fingerprint density at radius 2 is 2.20 bits per heavy atom. The molecule has 1 aromatic rings. The molecule has 10 heavy (non-hydrogen) atoms. The van der Waals surface area contributed by atoms with Crippen LogP contribution in [0, 0.1) is 5.82 Å². The van der Waals surface area contributed by atoms with Crippen molar-refractivity contribution in [3.8, 4) is 0 Å². The molecule has 0 fully saturated rings. The molecule has 0 amide bonds. The molecule has 0 saturated heterocycles. The molecule has 0 N–H and O–H groups in total. The fourth-order valence-electron chi connectivity index (χ4n) is 0.642. The summed E-state index contributed by atoms with van der Waals surface area (Å²) in [6.45, 7) is 0. The molecule has 1 atom stereocenters. The minimum absolute atomic E-state index is 0.261. The van der Waals surface area contributed by atoms with Gasteiger partial charge in [0.25, 0.3) is 0 Å². The number of rotatable bonds is 1. The first-order valence-electron chi connectivity index (χ1n) is 2.74. The van der Waals surface area contributed by atoms with E-state index in [1.165, 1.54) is 12.1 Å². The van der Waals surface area contributed by atoms with E-state index in [1.807, 2.05) is 0 Å². The molecule has 0 bridgehead atoms. The lowest BCUT2D eigenvalue weighted by Crippen LogP contribution is -1.81. The molecule has 0 aliphatic heterocycles. The molecule has 0 aliphatic carbocycles. The summed E-state index contributed by atoms with van der Waals surface area (Å²) in [7, 11) is 0. The number of hydrogen-bond donors (Lipinski definition) is 0. The average Bonchev–Trinajstić information content (AvgIpc) is 1.88. The molecule has 54 valence electrons. The highest BCUT2D eigenvalue weighted by molar-refractivity contribution is 9.09. The number of halogens is 3. The van der Waals surface area contributed by atoms with Gasteiger partial charge in [0.15, 0.2) is 0 Å². The van der Waals surface area contributed by atoms with Gasteiger partial charge in [-0.05, 0) is 17.7 Å². The van der Waals surface area contributed by atoms with E-state index in [-0.39, 0.29) is 10.1 Å². The second-order valence-corrected chi connectivity index (χ2v) is 3.73. The second kappa shape index (κ2) is 3.35. The molecular weight excluding hydrogens is 218 g/mol. The number of alkyl halides is 2. The fourth-order valence-corrected chi connectivity index (χ4v) is 1.06. The van der Waals surface area contributed by atoms with Crippen LogP contribution < -0.4 is 0 Å². The van der Waals surface area contributed by atoms with E-state index in [2.05, 4.69) is 15.9 Å². The first-order valence-corrected chi connectivity index (χ1v) is 4.09. The maximum atomic E-state index is 12.4. The third-order valence-corrected chi connectivity index (χ3v) is 1.88. The molecule has 0 aromatic heterocycles. The Bertz CT molecular complexity index is 225. The van der Waals surface area contributed by atoms with Crippen LogP contribution in [0.1, 0.15) is 9.85 Å². The van der Waals surface area contributed by atoms with Crippen molar-refractivity contribution < 1.29 is 4.39 Å². The van der Waals surface area contributed by atoms with Gasteiger partial charge in [0.1, 0.15) is 10.1 Å². The van der Waals surface area contributed by atoms with Crippen molar-refractivity contribution in [1.29, 1.82) is 0 Å². The van der Waals surface area contributed by atoms with Crippen molar-refractivity contribution in [2.45, 2.75) is 4.29 Å². The van der Waals surface area contributed by atoms with Crippen LogP contribution in [0.5, 0.6) is 0 Å². The van der Waals surface area contributed by atoms with E-state index in [1.54, 1.807) is 12.1 Å². The van der Waals surface area contributed by atoms with E-state index in [0.717, 1.165) is 5.56 Å². The minimum atomic E-state index is -0.303. The number of hydrogen-bond acceptors (Lipinski definition) is 0. The highest BCUT2D eigenvalue weighted by Gasteiger charge is 2.01. The highest BCUT2D eigenvalue weighted by Crippen LogP contribution is 2.26. The Labute approximate surface area is 72.1 Å². The van der Waals surface area contributed by atoms with Crippen LogP contribution in [0.3, 0.4) is 0 Å². The average molecular weight is 223 g/mol. The Balaban J connectivity index is 2.96. The van der Waals surface area contributed by atoms with E-state index >= 15 is 0 Å². The highest BCUT2D eigenvalue weighted by atomic mass is 79.9. The van der Waals surface area contributed by atoms with Crippen LogP contribution in [-0.4, -0.2) is 0 Å². The normalized spacial score (nSPS) is 13.1. The molecule has 1 unspecified atom stereocenters. The fraction of sp³-hybridized carbons (Fsp3) is 0.143. The Morgan fingerprint density at radius 1 is 1.50 bits per heavy atom. The Hall–Kier alpha value is -0.0800. The third-order valence-electron chi connectivity index (χ3n) is 1.10. The molecule has 0 aliphatic rings. The standard InChI is InChI=1S/C7H5BrClF/c8-7(9)5-2-1-3-6(10)4-5/h1-4,7H. The van der Waals surface area contributed by atoms with Gasteiger partial charge in [-0.3, -0.25) is 0 Å². The summed E-state index contributed by atoms with van der Waals surface area (Å²) in [5.74, 6) is -0.261. The predicted molar refractivity (Wildman–Crippen MR) is 43.9 cm³/mol. The van der Waals surface area contributed by atoms with Gasteiger partial charge in [-0.25, -0.2) is 4.39 Å². The van der Waals surface area contributed by atoms with Crippen molar-refractivity contribution in [3.05, 3.63) is 35.6 Å². The van der Waals surface area contributed by atoms with Crippen molar-refractivity contribution in [2.75, 3.05) is 0 Å². The van der Waals surface area contributed by atoms with Crippen LogP contribution in [0.4, 0.5) is 4.39 Å². The van der Waals surface area contributed by atoms with Crippen LogP contribution in [-0.2, 0) is 0 Å². The summed E-state index contributed by atoms with van der Waals surface area (Å²) in [5.41, 5.74) is 0.738. The second-order valence-electron chi connectivity index (χ2n) is 1.86. The summed E-state index contributed by atoms with van der Waals surface area (Å²) in [4.78, 5) is 0. The number of benzene rings is 1. The summed E-state index contributed by atoms with van der Waals surface area (Å²) >= 11 is 8.74. The van der Waals surface area contributed by atoms with Crippen LogP contribution in [0.25, 0.3) is 0 Å². The van der Waals surface area contributed by atoms with Crippen molar-refractivity contribution in [2.24, 2.45) is 0 Å². The maximum Gasteiger partial charge on any atom is 0.123 e. The predicted octanol–water partition coefficient (Wildman–Crippen LogP) is 3.46. The summed E-state index contributed by atoms with van der Waals surface area (Å²) in [5, 5.41) is 0. The lowest BCUT2D eigenvalue weighted by molar-refractivity contribution is 0.626. The summed E-state index contributed by atoms with van der Waals surface area (Å²) in [6, 6.07) is 6.17. The maximum absolute atomic E-state index is 12.4. The molecule has 1 aromatic carbocycles. The van der Waals surface area contributed by atoms with Crippen LogP contribution >= 0.6 is 27.5 Å². The zero-order valence-electron chi connectivity index (χ0n) is 5.02. The quantitative estimate of drug-likeness (QED) is 0.640. The Kier molecular flexibility index (Phi) is 2.69. The molecular formula is C7H5BrClF. The van der Waals surface area contributed by atoms with E-state index < -0.39 is 0 Å². The first-order chi connectivity index (χ1) is 4.70. The van der Waals surface area contributed by atoms with Gasteiger partial charge < -0.3 is 0 Å². The topological polar surface area (TPSA) is 0 Å². The van der Waals surface area contributed by atoms with E-state index in [4.69, 9.17) is 11.6 Å². The monoisotopic (exact) mass is 222 g/mol. The molecule has 0 radical (unpaired) electrons. The van der Waals surface area contributed by atoms with Gasteiger partial charge in [-0.1, -0.05) is 28.1 Å². The largest absolute Gasteiger partial charge is 0.207 e. The van der Waals surface area contributed by atoms with Gasteiger partial charge in [-0.2, -0.15) is 0 Å². The van der Waals surface area contributed by atoms with Gasteiger partial charge in [0, 0.05) is 0 Å². The third kappa shape index (κ3) is 1.96. The lowest BCUT2D eigenvalue weighted by Gasteiger charge is -1.99. The van der Waals surface area contributed by atoms with Crippen molar-refractivity contribution in [3.63, 3.8) is 0 Å². The molecule has 3 heteroatoms. The summed E-state index contributed by atoms with van der Waals surface area (Å²) < 4.78 is 12.1. The van der Waals surface area contributed by atoms with Crippen LogP contribution in [0.2, 0.25) is 0 Å². The molecule has 0 heterocycles. The smallest absolute Gasteiger partial charge is 0.123 e. The van der Waals surface area contributed by atoms with Crippen LogP contribution in [0.15, 0.2) is 24.3 Å². The summed E-state index contributed by atoms with van der Waals surface area (Å²) in [6.07, 6.45) is 0. The molecule has 0 spiro atoms. The SMILES string of the molecule is Fc1cccc(C(Cl)Br)c1. The van der Waals surface area contributed by atoms with Gasteiger partial charge >= 0.3 is 0 Å². The molecule has 1 rings (SSSR count). The first kappa shape index (κ1) is 8.02. The zero-order chi connectivity index (χ0) is 7.56. The van der Waals surface area contributed by atoms with Gasteiger partial charge in [0.05, 0.1) is 0 Å². The zero-order valence-corrected chi connectivity index (χ0v) is 7.36. The van der Waals surface area contributed by atoms with E-state index in [0.29, 0.717) is 0 Å². The Morgan fingerprint density at radius 3 is 2.60 bits per heavy atom. The van der Waals surface area contributed by atoms with Crippen molar-refractivity contribution in [1.82, 2.24) is 0 Å². The molecule has 0 nitrogen and oxygen atoms in total. The van der Waals surface area contributed by atoms with Gasteiger partial charge in [-0.15, -0.1) is 11.6 Å². The van der Waals surface area contributed by atoms with Crippen molar-refractivity contribution >= 4 is 27.5 Å².